The summed E-state index contributed by atoms with van der Waals surface area (Å²) in [6, 6.07) is 3.56. The molecule has 0 bridgehead atoms. The maximum atomic E-state index is 12.2. The van der Waals surface area contributed by atoms with Gasteiger partial charge in [-0.05, 0) is 18.6 Å². The number of amides is 2. The molecule has 23 heavy (non-hydrogen) atoms. The van der Waals surface area contributed by atoms with Gasteiger partial charge >= 0.3 is 0 Å². The molecule has 7 nitrogen and oxygen atoms in total. The molecule has 0 spiro atoms. The Labute approximate surface area is 137 Å². The summed E-state index contributed by atoms with van der Waals surface area (Å²) in [4.78, 5) is 29.1. The van der Waals surface area contributed by atoms with E-state index in [2.05, 4.69) is 22.0 Å². The van der Waals surface area contributed by atoms with Gasteiger partial charge in [-0.2, -0.15) is 0 Å². The summed E-state index contributed by atoms with van der Waals surface area (Å²) in [5, 5.41) is 8.25. The molecule has 1 fully saturated rings. The number of carbonyl (C=O) groups excluding carboxylic acids is 2. The van der Waals surface area contributed by atoms with Crippen molar-refractivity contribution in [1.29, 1.82) is 0 Å². The number of carbonyl (C=O) groups is 2. The fourth-order valence-corrected chi connectivity index (χ4v) is 2.55. The number of rotatable bonds is 5. The number of nitrogens with zero attached hydrogens (tertiary/aromatic N) is 5. The molecule has 0 saturated carbocycles. The van der Waals surface area contributed by atoms with E-state index in [1.54, 1.807) is 24.9 Å². The second-order valence-corrected chi connectivity index (χ2v) is 5.85. The van der Waals surface area contributed by atoms with E-state index < -0.39 is 0 Å². The summed E-state index contributed by atoms with van der Waals surface area (Å²) in [6.45, 7) is 7.26. The van der Waals surface area contributed by atoms with E-state index in [4.69, 9.17) is 0 Å². The molecule has 2 amide bonds. The van der Waals surface area contributed by atoms with Gasteiger partial charge in [0.15, 0.2) is 11.5 Å². The normalized spacial score (nSPS) is 14.7. The molecule has 0 unspecified atom stereocenters. The molecule has 2 heterocycles. The molecule has 2 rings (SSSR count). The van der Waals surface area contributed by atoms with Gasteiger partial charge in [-0.25, -0.2) is 0 Å². The third-order valence-electron chi connectivity index (χ3n) is 4.11. The van der Waals surface area contributed by atoms with Gasteiger partial charge in [-0.1, -0.05) is 13.3 Å². The Balaban J connectivity index is 1.94. The lowest BCUT2D eigenvalue weighted by Gasteiger charge is -2.34. The van der Waals surface area contributed by atoms with Crippen molar-refractivity contribution in [3.8, 4) is 0 Å². The number of unbranched alkanes of at least 4 members (excludes halogenated alkanes) is 1. The minimum atomic E-state index is -0.0982. The Morgan fingerprint density at radius 3 is 2.39 bits per heavy atom. The topological polar surface area (TPSA) is 69.6 Å². The van der Waals surface area contributed by atoms with Crippen LogP contribution >= 0.6 is 0 Å². The first kappa shape index (κ1) is 17.2. The Hall–Kier alpha value is -2.18. The molecule has 1 aliphatic heterocycles. The first-order valence-corrected chi connectivity index (χ1v) is 8.12. The van der Waals surface area contributed by atoms with Crippen LogP contribution in [0.5, 0.6) is 0 Å². The number of hydrogen-bond donors (Lipinski definition) is 0. The van der Waals surface area contributed by atoms with Crippen molar-refractivity contribution in [1.82, 2.24) is 20.0 Å². The van der Waals surface area contributed by atoms with Crippen LogP contribution in [-0.4, -0.2) is 71.6 Å². The zero-order chi connectivity index (χ0) is 16.8. The lowest BCUT2D eigenvalue weighted by Crippen LogP contribution is -2.48. The summed E-state index contributed by atoms with van der Waals surface area (Å²) in [5.41, 5.74) is 0.370. The minimum Gasteiger partial charge on any atom is -0.352 e. The minimum absolute atomic E-state index is 0.0982. The van der Waals surface area contributed by atoms with Crippen molar-refractivity contribution in [3.63, 3.8) is 0 Å². The maximum absolute atomic E-state index is 12.2. The molecular weight excluding hydrogens is 294 g/mol. The number of aromatic nitrogens is 2. The summed E-state index contributed by atoms with van der Waals surface area (Å²) in [5.74, 6) is 0.756. The smallest absolute Gasteiger partial charge is 0.274 e. The summed E-state index contributed by atoms with van der Waals surface area (Å²) < 4.78 is 0. The second-order valence-electron chi connectivity index (χ2n) is 5.85. The molecule has 0 N–H and O–H groups in total. The molecule has 1 aromatic heterocycles. The Morgan fingerprint density at radius 2 is 1.87 bits per heavy atom. The van der Waals surface area contributed by atoms with Crippen LogP contribution in [0.25, 0.3) is 0 Å². The molecule has 0 aromatic carbocycles. The highest BCUT2D eigenvalue weighted by atomic mass is 16.2. The lowest BCUT2D eigenvalue weighted by atomic mass is 10.2. The van der Waals surface area contributed by atoms with Gasteiger partial charge < -0.3 is 14.7 Å². The molecule has 0 atom stereocenters. The molecule has 0 aliphatic carbocycles. The molecule has 1 aliphatic rings. The predicted molar refractivity (Wildman–Crippen MR) is 88.4 cm³/mol. The summed E-state index contributed by atoms with van der Waals surface area (Å²) >= 11 is 0. The predicted octanol–water partition coefficient (Wildman–Crippen LogP) is 1.02. The van der Waals surface area contributed by atoms with Crippen molar-refractivity contribution >= 4 is 17.6 Å². The van der Waals surface area contributed by atoms with E-state index >= 15 is 0 Å². The lowest BCUT2D eigenvalue weighted by molar-refractivity contribution is -0.129. The highest BCUT2D eigenvalue weighted by Gasteiger charge is 2.20. The molecule has 7 heteroatoms. The van der Waals surface area contributed by atoms with Crippen molar-refractivity contribution < 1.29 is 9.59 Å². The van der Waals surface area contributed by atoms with Crippen LogP contribution in [0.4, 0.5) is 5.82 Å². The van der Waals surface area contributed by atoms with Crippen molar-refractivity contribution in [2.75, 3.05) is 44.7 Å². The summed E-state index contributed by atoms with van der Waals surface area (Å²) in [7, 11) is 1.79. The quantitative estimate of drug-likeness (QED) is 0.810. The van der Waals surface area contributed by atoms with Crippen LogP contribution in [0.1, 0.15) is 37.2 Å². The van der Waals surface area contributed by atoms with E-state index in [9.17, 15) is 9.59 Å². The molecule has 126 valence electrons. The molecule has 1 saturated heterocycles. The van der Waals surface area contributed by atoms with E-state index in [1.165, 1.54) is 0 Å². The second kappa shape index (κ2) is 7.89. The van der Waals surface area contributed by atoms with Crippen molar-refractivity contribution in [2.45, 2.75) is 26.7 Å². The van der Waals surface area contributed by atoms with Gasteiger partial charge in [0.1, 0.15) is 0 Å². The Morgan fingerprint density at radius 1 is 1.17 bits per heavy atom. The number of hydrogen-bond acceptors (Lipinski definition) is 5. The highest BCUT2D eigenvalue weighted by Crippen LogP contribution is 2.13. The summed E-state index contributed by atoms with van der Waals surface area (Å²) in [6.07, 6.45) is 2.03. The average molecular weight is 319 g/mol. The van der Waals surface area contributed by atoms with Crippen LogP contribution in [0.2, 0.25) is 0 Å². The number of anilines is 1. The Kier molecular flexibility index (Phi) is 5.90. The maximum Gasteiger partial charge on any atom is 0.274 e. The van der Waals surface area contributed by atoms with E-state index in [-0.39, 0.29) is 11.8 Å². The molecule has 0 radical (unpaired) electrons. The van der Waals surface area contributed by atoms with E-state index in [0.717, 1.165) is 38.3 Å². The van der Waals surface area contributed by atoms with Crippen LogP contribution < -0.4 is 4.90 Å². The molecular formula is C16H25N5O2. The zero-order valence-electron chi connectivity index (χ0n) is 14.2. The average Bonchev–Trinajstić information content (AvgIpc) is 2.59. The first-order valence-electron chi connectivity index (χ1n) is 8.12. The van der Waals surface area contributed by atoms with Crippen LogP contribution in [0.15, 0.2) is 12.1 Å². The fraction of sp³-hybridized carbons (Fsp3) is 0.625. The molecule has 1 aromatic rings. The van der Waals surface area contributed by atoms with Gasteiger partial charge in [0.05, 0.1) is 0 Å². The number of piperazine rings is 1. The van der Waals surface area contributed by atoms with Gasteiger partial charge in [-0.3, -0.25) is 9.59 Å². The first-order chi connectivity index (χ1) is 11.0. The largest absolute Gasteiger partial charge is 0.352 e. The van der Waals surface area contributed by atoms with Gasteiger partial charge in [-0.15, -0.1) is 10.2 Å². The monoisotopic (exact) mass is 319 g/mol. The standard InChI is InChI=1S/C16H25N5O2/c1-4-5-8-19(3)16(23)14-6-7-15(18-17-14)21-11-9-20(10-12-21)13(2)22/h6-7H,4-5,8-12H2,1-3H3. The third kappa shape index (κ3) is 4.40. The SMILES string of the molecule is CCCCN(C)C(=O)c1ccc(N2CCN(C(C)=O)CC2)nn1. The van der Waals surface area contributed by atoms with E-state index in [0.29, 0.717) is 18.8 Å². The van der Waals surface area contributed by atoms with Gasteiger partial charge in [0.25, 0.3) is 5.91 Å². The van der Waals surface area contributed by atoms with Gasteiger partial charge in [0, 0.05) is 46.7 Å². The highest BCUT2D eigenvalue weighted by molar-refractivity contribution is 5.92. The Bertz CT molecular complexity index is 538. The fourth-order valence-electron chi connectivity index (χ4n) is 2.55. The van der Waals surface area contributed by atoms with Crippen molar-refractivity contribution in [3.05, 3.63) is 17.8 Å². The van der Waals surface area contributed by atoms with Crippen molar-refractivity contribution in [2.24, 2.45) is 0 Å². The van der Waals surface area contributed by atoms with Gasteiger partial charge in [0.2, 0.25) is 5.91 Å². The van der Waals surface area contributed by atoms with Crippen LogP contribution in [-0.2, 0) is 4.79 Å². The van der Waals surface area contributed by atoms with Crippen LogP contribution in [0, 0.1) is 0 Å². The van der Waals surface area contributed by atoms with E-state index in [1.807, 2.05) is 11.0 Å². The zero-order valence-corrected chi connectivity index (χ0v) is 14.2. The van der Waals surface area contributed by atoms with Crippen LogP contribution in [0.3, 0.4) is 0 Å². The third-order valence-corrected chi connectivity index (χ3v) is 4.11.